The number of aromatic carboxylic acids is 1. The van der Waals surface area contributed by atoms with Crippen molar-refractivity contribution in [3.05, 3.63) is 315 Å². The van der Waals surface area contributed by atoms with Gasteiger partial charge in [0.15, 0.2) is 5.43 Å². The van der Waals surface area contributed by atoms with E-state index >= 15 is 0 Å². The van der Waals surface area contributed by atoms with Crippen LogP contribution in [0.4, 0.5) is 5.69 Å². The molecule has 0 spiro atoms. The topological polar surface area (TPSA) is 562 Å². The molecule has 726 valence electrons. The number of carbonyl (C=O) groups is 1. The van der Waals surface area contributed by atoms with Gasteiger partial charge in [0, 0.05) is 97.5 Å². The second-order valence-corrected chi connectivity index (χ2v) is 42.8. The second-order valence-electron chi connectivity index (χ2n) is 30.2. The van der Waals surface area contributed by atoms with Gasteiger partial charge in [-0.3, -0.25) is 4.79 Å². The van der Waals surface area contributed by atoms with E-state index in [4.69, 9.17) is 66.1 Å². The number of carboxylic acid groups (broad SMARTS) is 1. The SMILES string of the molecule is CC[N+](CC)=c1ccc2c(-c3ccccc3)c3ccc(C)cc3oc-2c1.CC[N+](CC)=c1ccc2c(-c3ccccc3)c3ccc(C)cc3oc-2c1.CS(=O)(=O)Cl.CS(=O)(=O)NCc1ccc(S(N)(=O)=O)cc1.CS(=O)(=O)[O-].CS(=O)(=O)[O-].NCCc1ccc(S(N)(=O)=O)cc1.NCCc1ccc(S(N)(=O)=O)cc1.O=C(O)c1cc(N=C=S)ccc1-c1c2ccc(=O)cc-2oc2cc([O-])ccc12. The minimum atomic E-state index is -3.92. The number of aryl methyl sites for hydroxylation is 2. The third-order valence-corrected chi connectivity index (χ3v) is 23.2. The molecule has 0 atom stereocenters. The first kappa shape index (κ1) is 112. The number of benzene rings is 12. The molecule has 41 heteroatoms. The van der Waals surface area contributed by atoms with Gasteiger partial charge in [0.05, 0.1) is 76.0 Å². The molecule has 32 nitrogen and oxygen atoms in total. The van der Waals surface area contributed by atoms with Crippen LogP contribution >= 0.6 is 22.9 Å². The van der Waals surface area contributed by atoms with Gasteiger partial charge >= 0.3 is 5.97 Å². The highest BCUT2D eigenvalue weighted by Crippen LogP contribution is 2.44. The lowest BCUT2D eigenvalue weighted by molar-refractivity contribution is -0.268. The Labute approximate surface area is 806 Å². The van der Waals surface area contributed by atoms with Crippen LogP contribution in [0, 0.1) is 13.8 Å². The van der Waals surface area contributed by atoms with E-state index in [9.17, 15) is 61.9 Å². The molecule has 0 fully saturated rings. The average Bonchev–Trinajstić information content (AvgIpc) is 0.762. The first-order valence-electron chi connectivity index (χ1n) is 41.4. The van der Waals surface area contributed by atoms with Gasteiger partial charge in [-0.05, 0) is 215 Å². The number of hydrogen-bond donors (Lipinski definition) is 7. The minimum Gasteiger partial charge on any atom is -0.872 e. The summed E-state index contributed by atoms with van der Waals surface area (Å²) in [4.78, 5) is 27.8. The molecule has 0 amide bonds. The maximum Gasteiger partial charge on any atom is 0.336 e. The van der Waals surface area contributed by atoms with E-state index in [-0.39, 0.29) is 49.3 Å². The molecule has 0 radical (unpaired) electrons. The van der Waals surface area contributed by atoms with E-state index in [2.05, 4.69) is 222 Å². The van der Waals surface area contributed by atoms with Crippen molar-refractivity contribution in [1.29, 1.82) is 0 Å². The van der Waals surface area contributed by atoms with Crippen molar-refractivity contribution >= 4 is 142 Å². The van der Waals surface area contributed by atoms with Crippen LogP contribution < -0.4 is 62.0 Å². The largest absolute Gasteiger partial charge is 0.872 e. The van der Waals surface area contributed by atoms with Gasteiger partial charge in [-0.25, -0.2) is 93.0 Å². The number of primary sulfonamides is 3. The predicted octanol–water partition coefficient (Wildman–Crippen LogP) is 12.3. The van der Waals surface area contributed by atoms with Gasteiger partial charge in [-0.15, -0.1) is 5.75 Å². The number of halogens is 1. The number of nitrogens with one attached hydrogen (secondary N) is 1. The Hall–Kier alpha value is -12.3. The zero-order valence-electron chi connectivity index (χ0n) is 76.0. The van der Waals surface area contributed by atoms with Crippen LogP contribution in [-0.2, 0) is 88.8 Å². The number of carboxylic acids is 1. The number of nitrogens with two attached hydrogens (primary N) is 5. The molecule has 12 N–H and O–H groups in total. The van der Waals surface area contributed by atoms with Crippen molar-refractivity contribution in [2.75, 3.05) is 64.3 Å². The highest BCUT2D eigenvalue weighted by molar-refractivity contribution is 8.13. The number of nitrogens with zero attached hydrogens (tertiary/aromatic N) is 3. The molecule has 9 aromatic carbocycles. The first-order chi connectivity index (χ1) is 64.1. The Kier molecular flexibility index (Phi) is 40.9. The maximum absolute atomic E-state index is 11.9. The summed E-state index contributed by atoms with van der Waals surface area (Å²) in [6.45, 7) is 18.1. The Balaban J connectivity index is 0.000000222. The fourth-order valence-electron chi connectivity index (χ4n) is 13.6. The molecule has 0 bridgehead atoms. The molecular weight excluding hydrogens is 1940 g/mol. The molecular formula is C96H103ClN9O23S8-. The molecule has 0 saturated heterocycles. The molecule has 3 aliphatic heterocycles. The number of hydrogen-bond acceptors (Lipinski definition) is 26. The lowest BCUT2D eigenvalue weighted by Gasteiger charge is -2.18. The molecule has 3 aliphatic carbocycles. The van der Waals surface area contributed by atoms with E-state index in [0.29, 0.717) is 58.9 Å². The van der Waals surface area contributed by atoms with Crippen LogP contribution in [-0.4, -0.2) is 149 Å². The summed E-state index contributed by atoms with van der Waals surface area (Å²) in [5.41, 5.74) is 26.7. The number of rotatable bonds is 19. The summed E-state index contributed by atoms with van der Waals surface area (Å²) < 4.78 is 186. The van der Waals surface area contributed by atoms with Gasteiger partial charge in [0.25, 0.3) is 0 Å². The second kappa shape index (κ2) is 50.2. The molecule has 137 heavy (non-hydrogen) atoms. The van der Waals surface area contributed by atoms with Crippen LogP contribution in [0.1, 0.15) is 65.9 Å². The van der Waals surface area contributed by atoms with Crippen LogP contribution in [0.25, 0.3) is 100 Å². The summed E-state index contributed by atoms with van der Waals surface area (Å²) >= 11 is 4.58. The molecule has 0 saturated carbocycles. The van der Waals surface area contributed by atoms with Crippen molar-refractivity contribution in [2.45, 2.75) is 75.6 Å². The lowest BCUT2D eigenvalue weighted by Crippen LogP contribution is -2.29. The number of thiocarbonyl (C=S) groups is 1. The Morgan fingerprint density at radius 1 is 0.445 bits per heavy atom. The van der Waals surface area contributed by atoms with Crippen molar-refractivity contribution in [2.24, 2.45) is 31.9 Å². The van der Waals surface area contributed by atoms with Crippen molar-refractivity contribution in [1.82, 2.24) is 13.9 Å². The monoisotopic (exact) mass is 2040 g/mol. The predicted molar refractivity (Wildman–Crippen MR) is 537 cm³/mol. The fourth-order valence-corrected chi connectivity index (χ4v) is 15.7. The van der Waals surface area contributed by atoms with E-state index in [1.165, 1.54) is 123 Å². The smallest absolute Gasteiger partial charge is 0.336 e. The van der Waals surface area contributed by atoms with Crippen LogP contribution in [0.5, 0.6) is 5.75 Å². The average molecular weight is 2040 g/mol. The van der Waals surface area contributed by atoms with Crippen molar-refractivity contribution in [3.8, 4) is 73.1 Å². The fraction of sp³-hybridized carbons (Fsp3) is 0.198. The zero-order chi connectivity index (χ0) is 102. The summed E-state index contributed by atoms with van der Waals surface area (Å²) in [6, 6.07) is 78.9. The summed E-state index contributed by atoms with van der Waals surface area (Å²) in [6.07, 6.45) is 4.66. The van der Waals surface area contributed by atoms with E-state index in [0.717, 1.165) is 107 Å². The summed E-state index contributed by atoms with van der Waals surface area (Å²) in [5, 5.41) is 43.8. The Bertz CT molecular complexity index is 7450. The summed E-state index contributed by atoms with van der Waals surface area (Å²) in [5.74, 6) is 0.721. The molecule has 9 aromatic rings. The quantitative estimate of drug-likeness (QED) is 0.00987. The van der Waals surface area contributed by atoms with Gasteiger partial charge in [-0.1, -0.05) is 140 Å². The normalized spacial score (nSPS) is 11.4. The van der Waals surface area contributed by atoms with E-state index in [1.807, 2.05) is 0 Å². The first-order valence-corrected chi connectivity index (χ1v) is 54.7. The van der Waals surface area contributed by atoms with Crippen LogP contribution in [0.3, 0.4) is 0 Å². The maximum atomic E-state index is 11.9. The third kappa shape index (κ3) is 36.0. The van der Waals surface area contributed by atoms with Crippen LogP contribution in [0.15, 0.2) is 299 Å². The number of sulfonamides is 4. The Morgan fingerprint density at radius 3 is 1.13 bits per heavy atom. The molecule has 0 unspecified atom stereocenters. The lowest BCUT2D eigenvalue weighted by atomic mass is 9.90. The highest BCUT2D eigenvalue weighted by atomic mass is 35.7. The minimum absolute atomic E-state index is 0.00213. The van der Waals surface area contributed by atoms with Crippen LogP contribution in [0.2, 0.25) is 0 Å². The van der Waals surface area contributed by atoms with E-state index in [1.54, 1.807) is 48.5 Å². The number of isothiocyanates is 1. The molecule has 3 heterocycles. The van der Waals surface area contributed by atoms with Gasteiger partial charge in [0.1, 0.15) is 60.2 Å². The molecule has 6 aliphatic rings. The number of fused-ring (bicyclic) bond motifs is 6. The van der Waals surface area contributed by atoms with Gasteiger partial charge in [0.2, 0.25) is 59.9 Å². The highest BCUT2D eigenvalue weighted by Gasteiger charge is 2.25. The van der Waals surface area contributed by atoms with Gasteiger partial charge in [-0.2, -0.15) is 4.99 Å². The summed E-state index contributed by atoms with van der Waals surface area (Å²) in [7, 11) is -20.6. The number of aliphatic imine (C=N–C) groups is 1. The molecule has 0 aromatic heterocycles. The molecule has 15 rings (SSSR count). The van der Waals surface area contributed by atoms with Gasteiger partial charge < -0.3 is 44.0 Å². The Morgan fingerprint density at radius 2 is 0.781 bits per heavy atom. The zero-order valence-corrected chi connectivity index (χ0v) is 83.3. The van der Waals surface area contributed by atoms with Crippen molar-refractivity contribution in [3.63, 3.8) is 0 Å². The van der Waals surface area contributed by atoms with E-state index < -0.39 is 75.3 Å². The standard InChI is InChI=1S/2C24H24NO.C21H11NO5S.C8H12N2O4S2.2C8H12N2O2S.CH3ClO2S.2CH4O3S/c2*1-4-25(5-2)19-12-14-21-23(16-19)26-22-15-17(3)11-13-20(22)24(21)18-9-7-6-8-10-18;23-12-2-5-15-18(8-12)27-19-9-13(24)3-6-16(19)20(15)14-4-1-11(22-10-28)7-17(14)21(25)26;1-15(11,12)10-6-7-2-4-8(5-3-7)16(9,13)14;2*9-6-5-7-1-3-8(4-2-7)13(10,11)12;3*1-5(2,3)4/h2*6-16H,4-5H2,1-3H3;1-9,23H,(H,25,26);2-5,10H,6H2,1H3,(H2,9,13,14);2*1-4H,5-6,9H2,(H2,10,11,12);1H3;2*1H3,(H,2,3,4)/q2*+1;;;;;;;/p-3. The third-order valence-electron chi connectivity index (χ3n) is 19.6. The van der Waals surface area contributed by atoms with Crippen molar-refractivity contribution < 1.29 is 96.3 Å².